The maximum absolute atomic E-state index is 10.3. The van der Waals surface area contributed by atoms with Crippen molar-refractivity contribution in [1.82, 2.24) is 0 Å². The van der Waals surface area contributed by atoms with Crippen LogP contribution in [0.3, 0.4) is 0 Å². The van der Waals surface area contributed by atoms with Gasteiger partial charge in [-0.15, -0.1) is 0 Å². The number of aliphatic carboxylic acids is 1. The number of carboxylic acid groups (broad SMARTS) is 1. The number of carbonyl (C=O) groups is 1. The molecule has 0 spiro atoms. The molecule has 0 unspecified atom stereocenters. The SMILES string of the molecule is O=C(O)COCCOCCOCCOCCOCCOCCOCCOCCOCCOCCOCCOCCOC(c1ccccc1)(c1ccccc1)c1ccccc1. The summed E-state index contributed by atoms with van der Waals surface area (Å²) in [6.07, 6.45) is 0. The van der Waals surface area contributed by atoms with Crippen molar-refractivity contribution in [3.8, 4) is 0 Å². The van der Waals surface area contributed by atoms with Gasteiger partial charge in [0.25, 0.3) is 0 Å². The van der Waals surface area contributed by atoms with Gasteiger partial charge in [-0.3, -0.25) is 0 Å². The van der Waals surface area contributed by atoms with Crippen LogP contribution >= 0.6 is 0 Å². The van der Waals surface area contributed by atoms with E-state index in [1.165, 1.54) is 0 Å². The van der Waals surface area contributed by atoms with Crippen LogP contribution in [-0.4, -0.2) is 176 Å². The van der Waals surface area contributed by atoms with Gasteiger partial charge in [0.05, 0.1) is 159 Å². The molecule has 0 atom stereocenters. The third-order valence-corrected chi connectivity index (χ3v) is 8.40. The molecule has 1 N–H and O–H groups in total. The monoisotopic (exact) mass is 846 g/mol. The maximum atomic E-state index is 10.3. The van der Waals surface area contributed by atoms with E-state index in [9.17, 15) is 4.79 Å². The standard InChI is InChI=1S/C45H66O15/c46-44(47)40-59-37-36-57-33-32-55-29-28-53-25-24-51-21-20-49-17-16-48-18-19-50-22-23-52-26-27-54-30-31-56-34-35-58-38-39-60-45(41-10-4-1-5-11-41,42-12-6-2-7-13-42)43-14-8-3-9-15-43/h1-15H,16-40H2,(H,46,47). The van der Waals surface area contributed by atoms with Crippen molar-refractivity contribution in [2.45, 2.75) is 5.60 Å². The Morgan fingerprint density at radius 3 is 0.733 bits per heavy atom. The molecule has 336 valence electrons. The lowest BCUT2D eigenvalue weighted by Crippen LogP contribution is -2.34. The summed E-state index contributed by atoms with van der Waals surface area (Å²) in [5, 5.41) is 8.45. The zero-order valence-corrected chi connectivity index (χ0v) is 35.0. The molecule has 0 heterocycles. The molecule has 0 aromatic heterocycles. The summed E-state index contributed by atoms with van der Waals surface area (Å²) in [6, 6.07) is 30.9. The Morgan fingerprint density at radius 2 is 0.517 bits per heavy atom. The van der Waals surface area contributed by atoms with Gasteiger partial charge in [0.15, 0.2) is 0 Å². The van der Waals surface area contributed by atoms with Gasteiger partial charge < -0.3 is 66.7 Å². The third-order valence-electron chi connectivity index (χ3n) is 8.40. The van der Waals surface area contributed by atoms with E-state index in [1.807, 2.05) is 54.6 Å². The minimum atomic E-state index is -0.998. The highest BCUT2D eigenvalue weighted by atomic mass is 16.6. The highest BCUT2D eigenvalue weighted by molar-refractivity contribution is 5.67. The van der Waals surface area contributed by atoms with Crippen LogP contribution in [0.2, 0.25) is 0 Å². The molecule has 60 heavy (non-hydrogen) atoms. The third kappa shape index (κ3) is 24.2. The lowest BCUT2D eigenvalue weighted by molar-refractivity contribution is -0.142. The first-order valence-corrected chi connectivity index (χ1v) is 20.7. The van der Waals surface area contributed by atoms with Crippen molar-refractivity contribution in [3.63, 3.8) is 0 Å². The van der Waals surface area contributed by atoms with E-state index >= 15 is 0 Å². The first kappa shape index (κ1) is 51.0. The largest absolute Gasteiger partial charge is 0.480 e. The van der Waals surface area contributed by atoms with Gasteiger partial charge >= 0.3 is 5.97 Å². The molecule has 0 aliphatic heterocycles. The lowest BCUT2D eigenvalue weighted by Gasteiger charge is -2.36. The van der Waals surface area contributed by atoms with Gasteiger partial charge in [0, 0.05) is 0 Å². The van der Waals surface area contributed by atoms with Crippen molar-refractivity contribution in [1.29, 1.82) is 0 Å². The highest BCUT2D eigenvalue weighted by Gasteiger charge is 2.37. The second-order valence-electron chi connectivity index (χ2n) is 12.8. The van der Waals surface area contributed by atoms with Gasteiger partial charge in [0.1, 0.15) is 12.2 Å². The summed E-state index contributed by atoms with van der Waals surface area (Å²) >= 11 is 0. The molecular formula is C45H66O15. The summed E-state index contributed by atoms with van der Waals surface area (Å²) in [4.78, 5) is 10.3. The van der Waals surface area contributed by atoms with E-state index < -0.39 is 11.6 Å². The van der Waals surface area contributed by atoms with Crippen molar-refractivity contribution in [2.75, 3.05) is 165 Å². The van der Waals surface area contributed by atoms with Gasteiger partial charge in [0.2, 0.25) is 0 Å². The summed E-state index contributed by atoms with van der Waals surface area (Å²) in [6.45, 7) is 10.5. The number of carboxylic acids is 1. The fourth-order valence-corrected chi connectivity index (χ4v) is 5.60. The molecule has 0 radical (unpaired) electrons. The van der Waals surface area contributed by atoms with Crippen molar-refractivity contribution in [3.05, 3.63) is 108 Å². The topological polar surface area (TPSA) is 157 Å². The van der Waals surface area contributed by atoms with Gasteiger partial charge in [-0.25, -0.2) is 4.79 Å². The zero-order chi connectivity index (χ0) is 42.3. The van der Waals surface area contributed by atoms with E-state index in [1.54, 1.807) is 0 Å². The summed E-state index contributed by atoms with van der Waals surface area (Å²) < 4.78 is 72.3. The van der Waals surface area contributed by atoms with Crippen LogP contribution in [0.5, 0.6) is 0 Å². The first-order chi connectivity index (χ1) is 29.7. The maximum Gasteiger partial charge on any atom is 0.329 e. The quantitative estimate of drug-likeness (QED) is 0.0637. The van der Waals surface area contributed by atoms with Crippen LogP contribution in [0.25, 0.3) is 0 Å². The van der Waals surface area contributed by atoms with Crippen LogP contribution < -0.4 is 0 Å². The molecule has 0 amide bonds. The number of ether oxygens (including phenoxy) is 13. The molecule has 15 heteroatoms. The fourth-order valence-electron chi connectivity index (χ4n) is 5.60. The highest BCUT2D eigenvalue weighted by Crippen LogP contribution is 2.40. The fraction of sp³-hybridized carbons (Fsp3) is 0.578. The number of benzene rings is 3. The molecule has 0 bridgehead atoms. The number of hydrogen-bond donors (Lipinski definition) is 1. The first-order valence-electron chi connectivity index (χ1n) is 20.7. The molecule has 3 aromatic rings. The minimum absolute atomic E-state index is 0.237. The van der Waals surface area contributed by atoms with Crippen LogP contribution in [0, 0.1) is 0 Å². The number of hydrogen-bond acceptors (Lipinski definition) is 14. The van der Waals surface area contributed by atoms with E-state index in [4.69, 9.17) is 66.7 Å². The number of rotatable bonds is 42. The zero-order valence-electron chi connectivity index (χ0n) is 35.0. The molecule has 3 rings (SSSR count). The van der Waals surface area contributed by atoms with Gasteiger partial charge in [-0.2, -0.15) is 0 Å². The molecule has 0 aliphatic rings. The Balaban J connectivity index is 1.01. The molecular weight excluding hydrogens is 780 g/mol. The van der Waals surface area contributed by atoms with E-state index in [-0.39, 0.29) is 13.2 Å². The Morgan fingerprint density at radius 1 is 0.317 bits per heavy atom. The minimum Gasteiger partial charge on any atom is -0.480 e. The van der Waals surface area contributed by atoms with Gasteiger partial charge in [-0.1, -0.05) is 91.0 Å². The van der Waals surface area contributed by atoms with E-state index in [0.717, 1.165) is 16.7 Å². The summed E-state index contributed by atoms with van der Waals surface area (Å²) in [7, 11) is 0. The smallest absolute Gasteiger partial charge is 0.329 e. The Labute approximate surface area is 355 Å². The van der Waals surface area contributed by atoms with Crippen LogP contribution in [0.4, 0.5) is 0 Å². The Bertz CT molecular complexity index is 1290. The van der Waals surface area contributed by atoms with Crippen molar-refractivity contribution in [2.24, 2.45) is 0 Å². The molecule has 0 fully saturated rings. The second-order valence-corrected chi connectivity index (χ2v) is 12.8. The summed E-state index contributed by atoms with van der Waals surface area (Å²) in [5.74, 6) is -0.998. The molecule has 15 nitrogen and oxygen atoms in total. The van der Waals surface area contributed by atoms with E-state index in [2.05, 4.69) is 36.4 Å². The molecule has 0 aliphatic carbocycles. The second kappa shape index (κ2) is 36.3. The molecule has 0 saturated carbocycles. The predicted molar refractivity (Wildman–Crippen MR) is 223 cm³/mol. The van der Waals surface area contributed by atoms with Crippen molar-refractivity contribution >= 4 is 5.97 Å². The Kier molecular flexibility index (Phi) is 30.8. The predicted octanol–water partition coefficient (Wildman–Crippen LogP) is 4.28. The average Bonchev–Trinajstić information content (AvgIpc) is 3.28. The van der Waals surface area contributed by atoms with Crippen molar-refractivity contribution < 1.29 is 71.5 Å². The van der Waals surface area contributed by atoms with Crippen LogP contribution in [0.1, 0.15) is 16.7 Å². The summed E-state index contributed by atoms with van der Waals surface area (Å²) in [5.41, 5.74) is 2.42. The normalized spacial score (nSPS) is 11.7. The lowest BCUT2D eigenvalue weighted by atomic mass is 9.80. The van der Waals surface area contributed by atoms with Crippen LogP contribution in [0.15, 0.2) is 91.0 Å². The molecule has 0 saturated heterocycles. The van der Waals surface area contributed by atoms with Gasteiger partial charge in [-0.05, 0) is 16.7 Å². The Hall–Kier alpha value is -3.39. The average molecular weight is 847 g/mol. The van der Waals surface area contributed by atoms with Crippen LogP contribution in [-0.2, 0) is 72.0 Å². The molecule has 3 aromatic carbocycles. The van der Waals surface area contributed by atoms with E-state index in [0.29, 0.717) is 152 Å².